The number of amides is 3. The number of fused-ring (bicyclic) bond motifs is 2. The maximum atomic E-state index is 16.5. The minimum absolute atomic E-state index is 0.0333. The van der Waals surface area contributed by atoms with Crippen molar-refractivity contribution in [1.82, 2.24) is 44.4 Å². The summed E-state index contributed by atoms with van der Waals surface area (Å²) in [5.41, 5.74) is 3.61. The molecule has 4 saturated heterocycles. The molecule has 0 aliphatic carbocycles. The van der Waals surface area contributed by atoms with Crippen molar-refractivity contribution in [3.8, 4) is 11.1 Å². The number of epoxide rings is 1. The summed E-state index contributed by atoms with van der Waals surface area (Å²) in [6.45, 7) is 5.39. The van der Waals surface area contributed by atoms with Gasteiger partial charge in [-0.2, -0.15) is 5.10 Å². The van der Waals surface area contributed by atoms with Crippen molar-refractivity contribution >= 4 is 56.6 Å². The van der Waals surface area contributed by atoms with E-state index in [-0.39, 0.29) is 35.5 Å². The zero-order valence-corrected chi connectivity index (χ0v) is 36.4. The molecule has 0 bridgehead atoms. The molecule has 2 unspecified atom stereocenters. The Balaban J connectivity index is 0.697. The number of hydrogen-bond acceptors (Lipinski definition) is 13. The van der Waals surface area contributed by atoms with Gasteiger partial charge in [-0.3, -0.25) is 29.3 Å². The van der Waals surface area contributed by atoms with E-state index < -0.39 is 29.5 Å². The van der Waals surface area contributed by atoms with Gasteiger partial charge in [0.05, 0.1) is 18.6 Å². The Bertz CT molecular complexity index is 2760. The molecule has 6 aromatic rings. The summed E-state index contributed by atoms with van der Waals surface area (Å²) in [5.74, 6) is -0.576. The maximum absolute atomic E-state index is 16.5. The van der Waals surface area contributed by atoms with Crippen LogP contribution < -0.4 is 20.9 Å². The highest BCUT2D eigenvalue weighted by molar-refractivity contribution is 7.13. The molecule has 4 fully saturated rings. The molecule has 2 aromatic carbocycles. The number of imidazole rings is 1. The number of piperidine rings is 2. The number of aromatic nitrogens is 6. The fourth-order valence-corrected chi connectivity index (χ4v) is 10.6. The number of aryl methyl sites for hydroxylation is 1. The van der Waals surface area contributed by atoms with Crippen molar-refractivity contribution in [2.45, 2.75) is 68.8 Å². The van der Waals surface area contributed by atoms with Crippen LogP contribution in [0.4, 0.5) is 25.4 Å². The van der Waals surface area contributed by atoms with Crippen molar-refractivity contribution in [1.29, 1.82) is 0 Å². The molecule has 3 amide bonds. The molecule has 3 N–H and O–H groups in total. The number of rotatable bonds is 12. The molecular formula is C46H48F2N12O4S. The van der Waals surface area contributed by atoms with Gasteiger partial charge in [-0.05, 0) is 80.9 Å². The second-order valence-corrected chi connectivity index (χ2v) is 18.5. The number of nitrogens with zero attached hydrogens (tertiary/aromatic N) is 9. The van der Waals surface area contributed by atoms with E-state index in [1.165, 1.54) is 17.4 Å². The fourth-order valence-electron chi connectivity index (χ4n) is 9.95. The quantitative estimate of drug-likeness (QED) is 0.109. The summed E-state index contributed by atoms with van der Waals surface area (Å²) in [6.07, 6.45) is 11.2. The molecule has 0 saturated carbocycles. The van der Waals surface area contributed by atoms with Gasteiger partial charge < -0.3 is 29.7 Å². The Kier molecular flexibility index (Phi) is 10.8. The average molecular weight is 903 g/mol. The lowest BCUT2D eigenvalue weighted by Crippen LogP contribution is -2.52. The number of hydrogen-bond donors (Lipinski definition) is 3. The SMILES string of the molecule is O=C1CC[C@H](Nc2ccc(C3CCN(CC(=O)N4CCN(c5ccc(-c6ccc7cn(C(c8ncn9c8CCC9)C8(Nc9nccs9)CO8)nc7c6F)cn5)CC4)CC3)c(F)c2)C(=O)N1. The third-order valence-electron chi connectivity index (χ3n) is 13.6. The lowest BCUT2D eigenvalue weighted by molar-refractivity contribution is -0.134. The minimum Gasteiger partial charge on any atom is -0.374 e. The van der Waals surface area contributed by atoms with Gasteiger partial charge >= 0.3 is 0 Å². The highest BCUT2D eigenvalue weighted by Crippen LogP contribution is 2.45. The van der Waals surface area contributed by atoms with E-state index in [2.05, 4.69) is 35.3 Å². The first-order chi connectivity index (χ1) is 31.7. The van der Waals surface area contributed by atoms with Crippen LogP contribution in [0.3, 0.4) is 0 Å². The monoisotopic (exact) mass is 902 g/mol. The summed E-state index contributed by atoms with van der Waals surface area (Å²) in [7, 11) is 0. The first kappa shape index (κ1) is 41.4. The molecule has 5 aliphatic heterocycles. The predicted molar refractivity (Wildman–Crippen MR) is 239 cm³/mol. The summed E-state index contributed by atoms with van der Waals surface area (Å²) in [6, 6.07) is 11.4. The molecule has 9 heterocycles. The summed E-state index contributed by atoms with van der Waals surface area (Å²) >= 11 is 1.49. The lowest BCUT2D eigenvalue weighted by Gasteiger charge is -2.37. The van der Waals surface area contributed by atoms with Crippen LogP contribution in [0.25, 0.3) is 22.0 Å². The van der Waals surface area contributed by atoms with Gasteiger partial charge in [0, 0.05) is 91.0 Å². The van der Waals surface area contributed by atoms with E-state index in [0.717, 1.165) is 54.6 Å². The van der Waals surface area contributed by atoms with Crippen molar-refractivity contribution in [2.75, 3.05) is 68.0 Å². The zero-order chi connectivity index (χ0) is 44.2. The van der Waals surface area contributed by atoms with Gasteiger partial charge in [0.2, 0.25) is 17.7 Å². The number of benzene rings is 2. The molecule has 3 atom stereocenters. The number of imide groups is 1. The first-order valence-corrected chi connectivity index (χ1v) is 23.2. The number of carbonyl (C=O) groups is 3. The highest BCUT2D eigenvalue weighted by Gasteiger charge is 2.56. The first-order valence-electron chi connectivity index (χ1n) is 22.3. The fraction of sp³-hybridized carbons (Fsp3) is 0.413. The number of piperazine rings is 1. The number of nitrogens with one attached hydrogen (secondary N) is 3. The topological polar surface area (TPSA) is 171 Å². The summed E-state index contributed by atoms with van der Waals surface area (Å²) < 4.78 is 41.9. The van der Waals surface area contributed by atoms with E-state index >= 15 is 8.78 Å². The minimum atomic E-state index is -0.824. The summed E-state index contributed by atoms with van der Waals surface area (Å²) in [5, 5.41) is 17.0. The van der Waals surface area contributed by atoms with Gasteiger partial charge in [0.15, 0.2) is 16.7 Å². The van der Waals surface area contributed by atoms with Crippen molar-refractivity contribution in [3.05, 3.63) is 101 Å². The molecule has 4 aromatic heterocycles. The molecule has 5 aliphatic rings. The highest BCUT2D eigenvalue weighted by atomic mass is 32.1. The largest absolute Gasteiger partial charge is 0.374 e. The van der Waals surface area contributed by atoms with Gasteiger partial charge in [-0.15, -0.1) is 11.3 Å². The van der Waals surface area contributed by atoms with Crippen molar-refractivity contribution in [3.63, 3.8) is 0 Å². The second-order valence-electron chi connectivity index (χ2n) is 17.6. The van der Waals surface area contributed by atoms with E-state index in [9.17, 15) is 14.4 Å². The normalized spacial score (nSPS) is 22.0. The summed E-state index contributed by atoms with van der Waals surface area (Å²) in [4.78, 5) is 57.2. The van der Waals surface area contributed by atoms with Gasteiger partial charge in [-0.25, -0.2) is 23.7 Å². The molecule has 11 rings (SSSR count). The number of carbonyl (C=O) groups excluding carboxylic acids is 3. The van der Waals surface area contributed by atoms with Gasteiger partial charge in [0.25, 0.3) is 0 Å². The molecule has 65 heavy (non-hydrogen) atoms. The van der Waals surface area contributed by atoms with E-state index in [0.29, 0.717) is 86.6 Å². The molecule has 19 heteroatoms. The average Bonchev–Trinajstić information content (AvgIpc) is 3.80. The third-order valence-corrected chi connectivity index (χ3v) is 14.3. The zero-order valence-electron chi connectivity index (χ0n) is 35.6. The molecule has 336 valence electrons. The Labute approximate surface area is 377 Å². The van der Waals surface area contributed by atoms with Gasteiger partial charge in [0.1, 0.15) is 35.8 Å². The number of likely N-dealkylation sites (tertiary alicyclic amines) is 1. The van der Waals surface area contributed by atoms with Crippen LogP contribution in [0.1, 0.15) is 61.0 Å². The molecular weight excluding hydrogens is 855 g/mol. The number of thiazole rings is 1. The maximum Gasteiger partial charge on any atom is 0.249 e. The second kappa shape index (κ2) is 16.9. The van der Waals surface area contributed by atoms with Crippen LogP contribution >= 0.6 is 11.3 Å². The van der Waals surface area contributed by atoms with E-state index in [1.54, 1.807) is 35.3 Å². The molecule has 16 nitrogen and oxygen atoms in total. The molecule has 0 radical (unpaired) electrons. The van der Waals surface area contributed by atoms with Crippen molar-refractivity contribution < 1.29 is 27.9 Å². The van der Waals surface area contributed by atoms with Crippen LogP contribution in [0.5, 0.6) is 0 Å². The Morgan fingerprint density at radius 2 is 1.82 bits per heavy atom. The van der Waals surface area contributed by atoms with Crippen LogP contribution in [-0.2, 0) is 32.1 Å². The number of halogens is 2. The Morgan fingerprint density at radius 1 is 0.969 bits per heavy atom. The smallest absolute Gasteiger partial charge is 0.249 e. The van der Waals surface area contributed by atoms with Crippen molar-refractivity contribution in [2.24, 2.45) is 0 Å². The Morgan fingerprint density at radius 3 is 2.55 bits per heavy atom. The number of anilines is 3. The number of ether oxygens (including phenoxy) is 1. The van der Waals surface area contributed by atoms with E-state index in [4.69, 9.17) is 19.8 Å². The Hall–Kier alpha value is -6.31. The van der Waals surface area contributed by atoms with E-state index in [1.807, 2.05) is 41.0 Å². The number of pyridine rings is 1. The van der Waals surface area contributed by atoms with Crippen LogP contribution in [0.15, 0.2) is 72.8 Å². The van der Waals surface area contributed by atoms with Crippen LogP contribution in [0, 0.1) is 11.6 Å². The lowest BCUT2D eigenvalue weighted by atomic mass is 9.89. The van der Waals surface area contributed by atoms with Crippen LogP contribution in [0.2, 0.25) is 0 Å². The van der Waals surface area contributed by atoms with Gasteiger partial charge in [-0.1, -0.05) is 18.2 Å². The third kappa shape index (κ3) is 8.09. The standard InChI is InChI=1S/C46H48F2N12O4S/c47-34-22-31(52-35-8-10-38(61)53-44(35)63)5-7-32(34)28-11-15-56(16-12-28)25-39(62)58-19-17-57(18-20-58)37-9-4-29(23-50-37)33-6-3-30-24-60(55-41(30)40(33)48)43(42-36-2-1-14-59(36)27-51-42)46(26-64-46)54-45-49-13-21-65-45/h3-7,9,13,21-24,27-28,35,43,52H,1-2,8,10-12,14-20,25-26H2,(H,49,54)(H,53,61,63)/t35-,43?,46?/m0/s1. The van der Waals surface area contributed by atoms with Crippen LogP contribution in [-0.4, -0.2) is 121 Å². The predicted octanol–water partition coefficient (Wildman–Crippen LogP) is 5.15. The molecule has 0 spiro atoms.